The number of anilines is 2. The molecule has 0 saturated carbocycles. The first-order valence-electron chi connectivity index (χ1n) is 8.98. The van der Waals surface area contributed by atoms with E-state index in [1.165, 1.54) is 6.07 Å². The van der Waals surface area contributed by atoms with E-state index in [1.807, 2.05) is 32.0 Å². The van der Waals surface area contributed by atoms with Crippen LogP contribution >= 0.6 is 0 Å². The van der Waals surface area contributed by atoms with E-state index in [9.17, 15) is 9.18 Å². The summed E-state index contributed by atoms with van der Waals surface area (Å²) >= 11 is 0. The number of hydrogen-bond donors (Lipinski definition) is 2. The average molecular weight is 351 g/mol. The van der Waals surface area contributed by atoms with Crippen LogP contribution in [0, 0.1) is 19.7 Å². The summed E-state index contributed by atoms with van der Waals surface area (Å²) in [7, 11) is 0. The normalized spacial score (nSPS) is 14.2. The lowest BCUT2D eigenvalue weighted by Crippen LogP contribution is -2.22. The Morgan fingerprint density at radius 1 is 1.15 bits per heavy atom. The summed E-state index contributed by atoms with van der Waals surface area (Å²) in [6.45, 7) is 5.82. The highest BCUT2D eigenvalue weighted by Crippen LogP contribution is 2.32. The fourth-order valence-electron chi connectivity index (χ4n) is 3.76. The zero-order chi connectivity index (χ0) is 18.3. The van der Waals surface area contributed by atoms with Gasteiger partial charge in [0.1, 0.15) is 17.2 Å². The third-order valence-electron chi connectivity index (χ3n) is 5.01. The van der Waals surface area contributed by atoms with Gasteiger partial charge in [0.2, 0.25) is 0 Å². The molecule has 1 aliphatic rings. The molecule has 5 heteroatoms. The quantitative estimate of drug-likeness (QED) is 0.714. The average Bonchev–Trinajstić information content (AvgIpc) is 3.26. The third-order valence-corrected chi connectivity index (χ3v) is 5.01. The van der Waals surface area contributed by atoms with Crippen LogP contribution in [0.25, 0.3) is 10.9 Å². The van der Waals surface area contributed by atoms with Gasteiger partial charge in [-0.05, 0) is 62.1 Å². The Morgan fingerprint density at radius 3 is 2.69 bits per heavy atom. The van der Waals surface area contributed by atoms with Crippen molar-refractivity contribution in [1.29, 1.82) is 0 Å². The molecule has 1 fully saturated rings. The molecule has 4 nitrogen and oxygen atoms in total. The summed E-state index contributed by atoms with van der Waals surface area (Å²) in [6, 6.07) is 10.9. The molecule has 4 rings (SSSR count). The fraction of sp³-hybridized carbons (Fsp3) is 0.286. The van der Waals surface area contributed by atoms with E-state index in [1.54, 1.807) is 6.07 Å². The number of benzene rings is 2. The first-order chi connectivity index (χ1) is 12.5. The van der Waals surface area contributed by atoms with Gasteiger partial charge in [0.15, 0.2) is 0 Å². The predicted octanol–water partition coefficient (Wildman–Crippen LogP) is 4.78. The number of nitrogens with zero attached hydrogens (tertiary/aromatic N) is 1. The number of halogens is 1. The van der Waals surface area contributed by atoms with Gasteiger partial charge < -0.3 is 15.2 Å². The monoisotopic (exact) mass is 351 g/mol. The molecule has 0 radical (unpaired) electrons. The Labute approximate surface area is 152 Å². The van der Waals surface area contributed by atoms with E-state index in [4.69, 9.17) is 0 Å². The Morgan fingerprint density at radius 2 is 1.92 bits per heavy atom. The van der Waals surface area contributed by atoms with Gasteiger partial charge in [0.05, 0.1) is 5.69 Å². The summed E-state index contributed by atoms with van der Waals surface area (Å²) in [4.78, 5) is 18.1. The van der Waals surface area contributed by atoms with Crippen molar-refractivity contribution in [3.63, 3.8) is 0 Å². The molecule has 26 heavy (non-hydrogen) atoms. The van der Waals surface area contributed by atoms with Crippen LogP contribution in [0.15, 0.2) is 36.4 Å². The predicted molar refractivity (Wildman–Crippen MR) is 104 cm³/mol. The highest BCUT2D eigenvalue weighted by molar-refractivity contribution is 6.07. The molecule has 1 amide bonds. The van der Waals surface area contributed by atoms with Crippen molar-refractivity contribution in [3.05, 3.63) is 59.0 Å². The number of carbonyl (C=O) groups is 1. The van der Waals surface area contributed by atoms with Crippen molar-refractivity contribution in [2.45, 2.75) is 26.7 Å². The van der Waals surface area contributed by atoms with Crippen LogP contribution in [0.2, 0.25) is 0 Å². The molecule has 1 saturated heterocycles. The van der Waals surface area contributed by atoms with Gasteiger partial charge in [0, 0.05) is 24.0 Å². The second-order valence-electron chi connectivity index (χ2n) is 7.01. The highest BCUT2D eigenvalue weighted by Gasteiger charge is 2.21. The summed E-state index contributed by atoms with van der Waals surface area (Å²) in [5, 5.41) is 3.79. The van der Waals surface area contributed by atoms with Crippen molar-refractivity contribution in [3.8, 4) is 0 Å². The number of aromatic amines is 1. The van der Waals surface area contributed by atoms with E-state index in [-0.39, 0.29) is 11.6 Å². The Kier molecular flexibility index (Phi) is 4.15. The molecule has 0 atom stereocenters. The molecule has 3 aromatic rings. The molecular formula is C21H22FN3O. The second-order valence-corrected chi connectivity index (χ2v) is 7.01. The van der Waals surface area contributed by atoms with Crippen molar-refractivity contribution in [2.75, 3.05) is 23.3 Å². The van der Waals surface area contributed by atoms with Crippen LogP contribution < -0.4 is 10.2 Å². The molecule has 0 unspecified atom stereocenters. The summed E-state index contributed by atoms with van der Waals surface area (Å²) in [5.74, 6) is -0.741. The number of aryl methyl sites for hydroxylation is 2. The lowest BCUT2D eigenvalue weighted by molar-refractivity contribution is 0.102. The molecule has 0 spiro atoms. The zero-order valence-corrected chi connectivity index (χ0v) is 15.0. The van der Waals surface area contributed by atoms with Crippen LogP contribution in [-0.4, -0.2) is 24.0 Å². The first-order valence-corrected chi connectivity index (χ1v) is 8.98. The van der Waals surface area contributed by atoms with Crippen LogP contribution in [0.1, 0.15) is 34.5 Å². The van der Waals surface area contributed by atoms with E-state index in [0.717, 1.165) is 53.6 Å². The van der Waals surface area contributed by atoms with E-state index in [0.29, 0.717) is 5.69 Å². The van der Waals surface area contributed by atoms with E-state index in [2.05, 4.69) is 21.3 Å². The maximum Gasteiger partial charge on any atom is 0.272 e. The number of carbonyl (C=O) groups excluding carboxylic acids is 1. The number of H-pyrrole nitrogens is 1. The summed E-state index contributed by atoms with van der Waals surface area (Å²) < 4.78 is 14.4. The van der Waals surface area contributed by atoms with E-state index >= 15 is 0 Å². The lowest BCUT2D eigenvalue weighted by atomic mass is 10.1. The summed E-state index contributed by atoms with van der Waals surface area (Å²) in [6.07, 6.45) is 2.18. The maximum atomic E-state index is 14.4. The number of amides is 1. The molecule has 1 aromatic heterocycles. The van der Waals surface area contributed by atoms with Crippen molar-refractivity contribution in [1.82, 2.24) is 4.98 Å². The minimum atomic E-state index is -0.411. The molecule has 1 aliphatic heterocycles. The van der Waals surface area contributed by atoms with Crippen LogP contribution in [0.3, 0.4) is 0 Å². The number of para-hydroxylation sites is 1. The molecular weight excluding hydrogens is 329 g/mol. The minimum Gasteiger partial charge on any atom is -0.370 e. The van der Waals surface area contributed by atoms with Crippen LogP contribution in [0.5, 0.6) is 0 Å². The number of aromatic nitrogens is 1. The smallest absolute Gasteiger partial charge is 0.272 e. The number of fused-ring (bicyclic) bond motifs is 1. The van der Waals surface area contributed by atoms with E-state index < -0.39 is 5.82 Å². The molecule has 0 bridgehead atoms. The van der Waals surface area contributed by atoms with Gasteiger partial charge in [-0.25, -0.2) is 4.39 Å². The second kappa shape index (κ2) is 6.48. The topological polar surface area (TPSA) is 48.1 Å². The fourth-order valence-corrected chi connectivity index (χ4v) is 3.76. The molecule has 2 heterocycles. The number of nitrogens with one attached hydrogen (secondary N) is 2. The third kappa shape index (κ3) is 2.94. The van der Waals surface area contributed by atoms with Crippen molar-refractivity contribution < 1.29 is 9.18 Å². The Bertz CT molecular complexity index is 986. The minimum absolute atomic E-state index is 0.256. The Balaban J connectivity index is 1.67. The first kappa shape index (κ1) is 16.6. The molecule has 2 aromatic carbocycles. The van der Waals surface area contributed by atoms with Gasteiger partial charge >= 0.3 is 0 Å². The van der Waals surface area contributed by atoms with Gasteiger partial charge in [0.25, 0.3) is 5.91 Å². The lowest BCUT2D eigenvalue weighted by Gasteiger charge is -2.21. The number of hydrogen-bond acceptors (Lipinski definition) is 2. The SMILES string of the molecule is Cc1cc(C)c2cc(C(=O)Nc3c(F)cccc3N3CCCC3)[nH]c2c1. The van der Waals surface area contributed by atoms with Gasteiger partial charge in [-0.1, -0.05) is 12.1 Å². The van der Waals surface area contributed by atoms with Crippen molar-refractivity contribution in [2.24, 2.45) is 0 Å². The van der Waals surface area contributed by atoms with Gasteiger partial charge in [-0.15, -0.1) is 0 Å². The molecule has 0 aliphatic carbocycles. The van der Waals surface area contributed by atoms with Crippen LogP contribution in [-0.2, 0) is 0 Å². The summed E-state index contributed by atoms with van der Waals surface area (Å²) in [5.41, 5.74) is 4.60. The zero-order valence-electron chi connectivity index (χ0n) is 15.0. The highest BCUT2D eigenvalue weighted by atomic mass is 19.1. The van der Waals surface area contributed by atoms with Gasteiger partial charge in [-0.3, -0.25) is 4.79 Å². The van der Waals surface area contributed by atoms with Crippen molar-refractivity contribution >= 4 is 28.2 Å². The Hall–Kier alpha value is -2.82. The van der Waals surface area contributed by atoms with Gasteiger partial charge in [-0.2, -0.15) is 0 Å². The molecule has 134 valence electrons. The largest absolute Gasteiger partial charge is 0.370 e. The van der Waals surface area contributed by atoms with Crippen LogP contribution in [0.4, 0.5) is 15.8 Å². The molecule has 2 N–H and O–H groups in total. The standard InChI is InChI=1S/C21H22FN3O/c1-13-10-14(2)15-12-18(23-17(15)11-13)21(26)24-20-16(22)6-5-7-19(20)25-8-3-4-9-25/h5-7,10-12,23H,3-4,8-9H2,1-2H3,(H,24,26). The maximum absolute atomic E-state index is 14.4. The number of rotatable bonds is 3.